The van der Waals surface area contributed by atoms with Crippen LogP contribution < -0.4 is 5.63 Å². The van der Waals surface area contributed by atoms with E-state index in [1.807, 2.05) is 0 Å². The van der Waals surface area contributed by atoms with Gasteiger partial charge in [-0.2, -0.15) is 8.78 Å². The zero-order chi connectivity index (χ0) is 16.6. The molecule has 3 nitrogen and oxygen atoms in total. The van der Waals surface area contributed by atoms with Crippen molar-refractivity contribution in [3.63, 3.8) is 0 Å². The first-order valence-electron chi connectivity index (χ1n) is 6.30. The highest BCUT2D eigenvalue weighted by Crippen LogP contribution is 2.36. The summed E-state index contributed by atoms with van der Waals surface area (Å²) < 4.78 is 30.6. The fourth-order valence-electron chi connectivity index (χ4n) is 2.06. The Labute approximate surface area is 143 Å². The summed E-state index contributed by atoms with van der Waals surface area (Å²) in [6.45, 7) is 0. The first-order valence-corrected chi connectivity index (χ1v) is 7.93. The molecule has 0 spiro atoms. The van der Waals surface area contributed by atoms with Gasteiger partial charge in [-0.3, -0.25) is 0 Å². The standard InChI is InChI=1S/C15H7Cl2F2NO2S/c16-7-4-5-8(11(6-7)23-15(18)19)13-20-10-3-1-2-9(17)12(10)14(21)22-13/h1-6,15H. The van der Waals surface area contributed by atoms with Crippen LogP contribution >= 0.6 is 35.0 Å². The highest BCUT2D eigenvalue weighted by molar-refractivity contribution is 7.99. The van der Waals surface area contributed by atoms with E-state index in [-0.39, 0.29) is 26.8 Å². The van der Waals surface area contributed by atoms with Crippen LogP contribution in [0.3, 0.4) is 0 Å². The molecule has 8 heteroatoms. The molecule has 23 heavy (non-hydrogen) atoms. The Kier molecular flexibility index (Phi) is 4.57. The molecule has 3 aromatic rings. The van der Waals surface area contributed by atoms with Crippen molar-refractivity contribution in [3.8, 4) is 11.5 Å². The van der Waals surface area contributed by atoms with Crippen LogP contribution in [0, 0.1) is 0 Å². The van der Waals surface area contributed by atoms with E-state index in [1.54, 1.807) is 18.2 Å². The predicted octanol–water partition coefficient (Wildman–Crippen LogP) is 5.48. The van der Waals surface area contributed by atoms with E-state index in [9.17, 15) is 13.6 Å². The molecule has 0 radical (unpaired) electrons. The number of halogens is 4. The number of thioether (sulfide) groups is 1. The molecule has 0 aliphatic heterocycles. The summed E-state index contributed by atoms with van der Waals surface area (Å²) in [5, 5.41) is 0.659. The lowest BCUT2D eigenvalue weighted by Gasteiger charge is -2.08. The van der Waals surface area contributed by atoms with Crippen LogP contribution in [-0.4, -0.2) is 10.7 Å². The highest BCUT2D eigenvalue weighted by atomic mass is 35.5. The summed E-state index contributed by atoms with van der Waals surface area (Å²) >= 11 is 12.1. The van der Waals surface area contributed by atoms with Crippen LogP contribution in [0.15, 0.2) is 50.5 Å². The van der Waals surface area contributed by atoms with Crippen LogP contribution in [0.1, 0.15) is 0 Å². The number of benzene rings is 2. The second-order valence-corrected chi connectivity index (χ2v) is 6.33. The minimum absolute atomic E-state index is 0.0652. The van der Waals surface area contributed by atoms with Gasteiger partial charge in [0.1, 0.15) is 5.39 Å². The lowest BCUT2D eigenvalue weighted by atomic mass is 10.2. The van der Waals surface area contributed by atoms with Crippen molar-refractivity contribution < 1.29 is 13.2 Å². The van der Waals surface area contributed by atoms with E-state index in [0.29, 0.717) is 22.3 Å². The van der Waals surface area contributed by atoms with Crippen molar-refractivity contribution >= 4 is 45.9 Å². The molecule has 0 aliphatic carbocycles. The molecule has 1 aromatic heterocycles. The van der Waals surface area contributed by atoms with E-state index in [0.717, 1.165) is 0 Å². The zero-order valence-electron chi connectivity index (χ0n) is 11.2. The number of hydrogen-bond acceptors (Lipinski definition) is 4. The molecule has 0 amide bonds. The molecular formula is C15H7Cl2F2NO2S. The Balaban J connectivity index is 2.23. The summed E-state index contributed by atoms with van der Waals surface area (Å²) in [5.74, 6) is -2.71. The number of fused-ring (bicyclic) bond motifs is 1. The van der Waals surface area contributed by atoms with E-state index in [2.05, 4.69) is 4.98 Å². The molecule has 118 valence electrons. The highest BCUT2D eigenvalue weighted by Gasteiger charge is 2.17. The summed E-state index contributed by atoms with van der Waals surface area (Å²) in [6.07, 6.45) is 0. The van der Waals surface area contributed by atoms with Gasteiger partial charge in [0.05, 0.1) is 16.1 Å². The number of rotatable bonds is 3. The monoisotopic (exact) mass is 373 g/mol. The van der Waals surface area contributed by atoms with Gasteiger partial charge in [0.2, 0.25) is 5.89 Å². The van der Waals surface area contributed by atoms with Crippen LogP contribution in [0.4, 0.5) is 8.78 Å². The molecule has 0 bridgehead atoms. The molecular weight excluding hydrogens is 367 g/mol. The van der Waals surface area contributed by atoms with Crippen LogP contribution in [0.5, 0.6) is 0 Å². The third kappa shape index (κ3) is 3.34. The SMILES string of the molecule is O=c1oc(-c2ccc(Cl)cc2SC(F)F)nc2cccc(Cl)c12. The normalized spacial score (nSPS) is 11.3. The summed E-state index contributed by atoms with van der Waals surface area (Å²) in [6, 6.07) is 9.14. The van der Waals surface area contributed by atoms with Crippen molar-refractivity contribution in [2.75, 3.05) is 0 Å². The molecule has 1 heterocycles. The van der Waals surface area contributed by atoms with Crippen LogP contribution in [0.25, 0.3) is 22.4 Å². The second-order valence-electron chi connectivity index (χ2n) is 4.46. The van der Waals surface area contributed by atoms with Crippen molar-refractivity contribution in [1.29, 1.82) is 0 Å². The maximum atomic E-state index is 12.7. The second kappa shape index (κ2) is 6.47. The first-order chi connectivity index (χ1) is 11.0. The zero-order valence-corrected chi connectivity index (χ0v) is 13.6. The molecule has 3 rings (SSSR count). The van der Waals surface area contributed by atoms with Crippen molar-refractivity contribution in [1.82, 2.24) is 4.98 Å². The Morgan fingerprint density at radius 2 is 1.96 bits per heavy atom. The number of nitrogens with zero attached hydrogens (tertiary/aromatic N) is 1. The van der Waals surface area contributed by atoms with Crippen LogP contribution in [0.2, 0.25) is 10.0 Å². The van der Waals surface area contributed by atoms with Gasteiger partial charge >= 0.3 is 5.63 Å². The van der Waals surface area contributed by atoms with Gasteiger partial charge in [-0.1, -0.05) is 41.0 Å². The maximum absolute atomic E-state index is 12.7. The topological polar surface area (TPSA) is 43.1 Å². The Morgan fingerprint density at radius 3 is 2.70 bits per heavy atom. The lowest BCUT2D eigenvalue weighted by Crippen LogP contribution is -2.04. The van der Waals surface area contributed by atoms with E-state index in [1.165, 1.54) is 18.2 Å². The molecule has 0 saturated carbocycles. The van der Waals surface area contributed by atoms with Crippen molar-refractivity contribution in [2.45, 2.75) is 10.7 Å². The Hall–Kier alpha value is -1.63. The Bertz CT molecular complexity index is 946. The minimum Gasteiger partial charge on any atom is -0.403 e. The largest absolute Gasteiger partial charge is 0.403 e. The fourth-order valence-corrected chi connectivity index (χ4v) is 3.21. The van der Waals surface area contributed by atoms with Gasteiger partial charge in [-0.25, -0.2) is 9.78 Å². The molecule has 0 saturated heterocycles. The lowest BCUT2D eigenvalue weighted by molar-refractivity contribution is 0.252. The molecule has 0 aliphatic rings. The van der Waals surface area contributed by atoms with Crippen molar-refractivity contribution in [3.05, 3.63) is 56.9 Å². The number of alkyl halides is 2. The van der Waals surface area contributed by atoms with Gasteiger partial charge in [-0.05, 0) is 30.3 Å². The Morgan fingerprint density at radius 1 is 1.17 bits per heavy atom. The number of hydrogen-bond donors (Lipinski definition) is 0. The maximum Gasteiger partial charge on any atom is 0.348 e. The van der Waals surface area contributed by atoms with Gasteiger partial charge in [0, 0.05) is 9.92 Å². The third-order valence-corrected chi connectivity index (χ3v) is 4.32. The molecule has 0 fully saturated rings. The molecule has 0 atom stereocenters. The van der Waals surface area contributed by atoms with E-state index < -0.39 is 11.4 Å². The third-order valence-electron chi connectivity index (χ3n) is 3.00. The van der Waals surface area contributed by atoms with E-state index >= 15 is 0 Å². The predicted molar refractivity (Wildman–Crippen MR) is 87.6 cm³/mol. The van der Waals surface area contributed by atoms with Gasteiger partial charge in [0.15, 0.2) is 0 Å². The molecule has 0 N–H and O–H groups in total. The van der Waals surface area contributed by atoms with Crippen LogP contribution in [-0.2, 0) is 0 Å². The van der Waals surface area contributed by atoms with Gasteiger partial charge < -0.3 is 4.42 Å². The van der Waals surface area contributed by atoms with Gasteiger partial charge in [-0.15, -0.1) is 0 Å². The van der Waals surface area contributed by atoms with Crippen molar-refractivity contribution in [2.24, 2.45) is 0 Å². The van der Waals surface area contributed by atoms with E-state index in [4.69, 9.17) is 27.6 Å². The average Bonchev–Trinajstić information content (AvgIpc) is 2.46. The summed E-state index contributed by atoms with van der Waals surface area (Å²) in [4.78, 5) is 16.5. The summed E-state index contributed by atoms with van der Waals surface area (Å²) in [7, 11) is 0. The minimum atomic E-state index is -2.64. The molecule has 2 aromatic carbocycles. The average molecular weight is 374 g/mol. The van der Waals surface area contributed by atoms with Gasteiger partial charge in [0.25, 0.3) is 5.76 Å². The fraction of sp³-hybridized carbons (Fsp3) is 0.0667. The first kappa shape index (κ1) is 16.2. The summed E-state index contributed by atoms with van der Waals surface area (Å²) in [5.41, 5.74) is -0.0936. The molecule has 0 unspecified atom stereocenters. The smallest absolute Gasteiger partial charge is 0.348 e. The number of aromatic nitrogens is 1. The quantitative estimate of drug-likeness (QED) is 0.570.